The Kier molecular flexibility index (Phi) is 5.61. The first-order chi connectivity index (χ1) is 9.72. The topological polar surface area (TPSA) is 47.7 Å². The summed E-state index contributed by atoms with van der Waals surface area (Å²) in [7, 11) is 0. The van der Waals surface area contributed by atoms with Crippen LogP contribution in [0.2, 0.25) is 5.15 Å². The molecule has 2 aromatic heterocycles. The predicted octanol–water partition coefficient (Wildman–Crippen LogP) is 2.63. The van der Waals surface area contributed by atoms with Gasteiger partial charge in [-0.1, -0.05) is 24.9 Å². The van der Waals surface area contributed by atoms with Crippen molar-refractivity contribution in [3.05, 3.63) is 34.9 Å². The number of halogens is 1. The van der Waals surface area contributed by atoms with E-state index in [4.69, 9.17) is 11.6 Å². The summed E-state index contributed by atoms with van der Waals surface area (Å²) >= 11 is 6.39. The molecule has 0 aliphatic heterocycles. The number of nitrogens with one attached hydrogen (secondary N) is 1. The highest BCUT2D eigenvalue weighted by Gasteiger charge is 2.12. The first kappa shape index (κ1) is 15.1. The lowest BCUT2D eigenvalue weighted by Gasteiger charge is -2.05. The van der Waals surface area contributed by atoms with Crippen LogP contribution in [0.1, 0.15) is 31.0 Å². The Balaban J connectivity index is 1.84. The molecule has 0 aliphatic rings. The summed E-state index contributed by atoms with van der Waals surface area (Å²) in [6.45, 7) is 7.54. The van der Waals surface area contributed by atoms with Crippen LogP contribution in [0.3, 0.4) is 0 Å². The van der Waals surface area contributed by atoms with Gasteiger partial charge in [-0.3, -0.25) is 9.36 Å². The third-order valence-corrected chi connectivity index (χ3v) is 3.71. The first-order valence-corrected chi connectivity index (χ1v) is 7.50. The van der Waals surface area contributed by atoms with Gasteiger partial charge < -0.3 is 5.32 Å². The van der Waals surface area contributed by atoms with Gasteiger partial charge in [0.25, 0.3) is 0 Å². The van der Waals surface area contributed by atoms with Crippen molar-refractivity contribution in [2.24, 2.45) is 0 Å². The maximum atomic E-state index is 6.39. The number of nitrogens with zero attached hydrogens (tertiary/aromatic N) is 4. The highest BCUT2D eigenvalue weighted by Crippen LogP contribution is 2.20. The third kappa shape index (κ3) is 3.84. The van der Waals surface area contributed by atoms with Crippen LogP contribution >= 0.6 is 11.6 Å². The maximum absolute atomic E-state index is 6.39. The van der Waals surface area contributed by atoms with Crippen LogP contribution in [-0.2, 0) is 19.6 Å². The van der Waals surface area contributed by atoms with E-state index in [0.29, 0.717) is 0 Å². The minimum Gasteiger partial charge on any atom is -0.311 e. The maximum Gasteiger partial charge on any atom is 0.131 e. The van der Waals surface area contributed by atoms with Gasteiger partial charge in [-0.25, -0.2) is 0 Å². The monoisotopic (exact) mass is 295 g/mol. The quantitative estimate of drug-likeness (QED) is 0.762. The van der Waals surface area contributed by atoms with Gasteiger partial charge in [-0.05, 0) is 19.4 Å². The highest BCUT2D eigenvalue weighted by molar-refractivity contribution is 6.30. The van der Waals surface area contributed by atoms with E-state index < -0.39 is 0 Å². The molecule has 0 unspecified atom stereocenters. The van der Waals surface area contributed by atoms with Crippen molar-refractivity contribution < 1.29 is 0 Å². The Morgan fingerprint density at radius 3 is 2.90 bits per heavy atom. The molecular weight excluding hydrogens is 274 g/mol. The summed E-state index contributed by atoms with van der Waals surface area (Å²) < 4.78 is 3.82. The van der Waals surface area contributed by atoms with Crippen LogP contribution in [0.4, 0.5) is 0 Å². The van der Waals surface area contributed by atoms with Crippen LogP contribution in [-0.4, -0.2) is 26.1 Å². The summed E-state index contributed by atoms with van der Waals surface area (Å²) in [6, 6.07) is 1.93. The zero-order chi connectivity index (χ0) is 14.4. The van der Waals surface area contributed by atoms with Gasteiger partial charge in [0.1, 0.15) is 5.15 Å². The van der Waals surface area contributed by atoms with Gasteiger partial charge in [0.15, 0.2) is 0 Å². The molecule has 1 N–H and O–H groups in total. The van der Waals surface area contributed by atoms with Crippen molar-refractivity contribution in [1.29, 1.82) is 0 Å². The summed E-state index contributed by atoms with van der Waals surface area (Å²) in [5.74, 6) is 0. The second kappa shape index (κ2) is 7.45. The molecule has 0 amide bonds. The van der Waals surface area contributed by atoms with Crippen molar-refractivity contribution in [2.75, 3.05) is 6.54 Å². The van der Waals surface area contributed by atoms with Gasteiger partial charge in [0, 0.05) is 37.6 Å². The highest BCUT2D eigenvalue weighted by atomic mass is 35.5. The molecule has 0 saturated carbocycles. The number of hydrogen-bond donors (Lipinski definition) is 1. The zero-order valence-electron chi connectivity index (χ0n) is 12.1. The molecule has 0 atom stereocenters. The van der Waals surface area contributed by atoms with Crippen molar-refractivity contribution in [3.63, 3.8) is 0 Å². The van der Waals surface area contributed by atoms with Crippen molar-refractivity contribution >= 4 is 11.6 Å². The third-order valence-electron chi connectivity index (χ3n) is 3.29. The summed E-state index contributed by atoms with van der Waals surface area (Å²) in [5.41, 5.74) is 2.11. The van der Waals surface area contributed by atoms with Crippen molar-refractivity contribution in [1.82, 2.24) is 24.9 Å². The number of rotatable bonds is 8. The van der Waals surface area contributed by atoms with Gasteiger partial charge in [0.2, 0.25) is 0 Å². The predicted molar refractivity (Wildman–Crippen MR) is 80.8 cm³/mol. The molecule has 5 nitrogen and oxygen atoms in total. The van der Waals surface area contributed by atoms with E-state index in [0.717, 1.165) is 55.4 Å². The Morgan fingerprint density at radius 2 is 2.20 bits per heavy atom. The molecule has 20 heavy (non-hydrogen) atoms. The molecule has 0 aromatic carbocycles. The average Bonchev–Trinajstić information content (AvgIpc) is 3.03. The molecule has 0 saturated heterocycles. The SMILES string of the molecule is CCCCn1nc(C)c(CNCCn2cccn2)c1Cl. The summed E-state index contributed by atoms with van der Waals surface area (Å²) in [6.07, 6.45) is 6.00. The molecule has 0 radical (unpaired) electrons. The molecule has 2 rings (SSSR count). The van der Waals surface area contributed by atoms with E-state index in [9.17, 15) is 0 Å². The molecule has 6 heteroatoms. The van der Waals surface area contributed by atoms with Crippen LogP contribution in [0.5, 0.6) is 0 Å². The van der Waals surface area contributed by atoms with Gasteiger partial charge in [-0.2, -0.15) is 10.2 Å². The van der Waals surface area contributed by atoms with E-state index in [2.05, 4.69) is 22.4 Å². The standard InChI is InChI=1S/C14H22ClN5/c1-3-4-9-20-14(15)13(12(2)18-20)11-16-7-10-19-8-5-6-17-19/h5-6,8,16H,3-4,7,9-11H2,1-2H3. The van der Waals surface area contributed by atoms with E-state index in [1.807, 2.05) is 28.6 Å². The van der Waals surface area contributed by atoms with Gasteiger partial charge in [-0.15, -0.1) is 0 Å². The van der Waals surface area contributed by atoms with E-state index >= 15 is 0 Å². The lowest BCUT2D eigenvalue weighted by molar-refractivity contribution is 0.553. The minimum absolute atomic E-state index is 0.748. The van der Waals surface area contributed by atoms with Crippen molar-refractivity contribution in [2.45, 2.75) is 46.3 Å². The number of aromatic nitrogens is 4. The minimum atomic E-state index is 0.748. The molecule has 2 heterocycles. The molecule has 0 spiro atoms. The van der Waals surface area contributed by atoms with Gasteiger partial charge >= 0.3 is 0 Å². The zero-order valence-corrected chi connectivity index (χ0v) is 12.9. The molecule has 0 bridgehead atoms. The second-order valence-electron chi connectivity index (χ2n) is 4.88. The van der Waals surface area contributed by atoms with Crippen molar-refractivity contribution in [3.8, 4) is 0 Å². The number of unbranched alkanes of at least 4 members (excludes halogenated alkanes) is 1. The fraction of sp³-hybridized carbons (Fsp3) is 0.571. The number of hydrogen-bond acceptors (Lipinski definition) is 3. The summed E-state index contributed by atoms with van der Waals surface area (Å²) in [5, 5.41) is 12.8. The van der Waals surface area contributed by atoms with Crippen LogP contribution in [0.25, 0.3) is 0 Å². The van der Waals surface area contributed by atoms with E-state index in [1.165, 1.54) is 0 Å². The van der Waals surface area contributed by atoms with Crippen LogP contribution in [0, 0.1) is 6.92 Å². The molecule has 0 fully saturated rings. The Labute approximate surface area is 124 Å². The molecule has 110 valence electrons. The molecule has 0 aliphatic carbocycles. The lowest BCUT2D eigenvalue weighted by Crippen LogP contribution is -2.20. The van der Waals surface area contributed by atoms with Crippen LogP contribution in [0.15, 0.2) is 18.5 Å². The Hall–Kier alpha value is -1.33. The summed E-state index contributed by atoms with van der Waals surface area (Å²) in [4.78, 5) is 0. The van der Waals surface area contributed by atoms with Crippen LogP contribution < -0.4 is 5.32 Å². The molecular formula is C14H22ClN5. The van der Waals surface area contributed by atoms with E-state index in [1.54, 1.807) is 6.20 Å². The Bertz CT molecular complexity index is 518. The average molecular weight is 296 g/mol. The first-order valence-electron chi connectivity index (χ1n) is 7.12. The molecule has 2 aromatic rings. The normalized spacial score (nSPS) is 11.2. The second-order valence-corrected chi connectivity index (χ2v) is 5.24. The smallest absolute Gasteiger partial charge is 0.131 e. The van der Waals surface area contributed by atoms with Gasteiger partial charge in [0.05, 0.1) is 12.2 Å². The fourth-order valence-electron chi connectivity index (χ4n) is 2.09. The number of aryl methyl sites for hydroxylation is 2. The largest absolute Gasteiger partial charge is 0.311 e. The van der Waals surface area contributed by atoms with E-state index in [-0.39, 0.29) is 0 Å². The lowest BCUT2D eigenvalue weighted by atomic mass is 10.2. The fourth-order valence-corrected chi connectivity index (χ4v) is 2.41. The Morgan fingerprint density at radius 1 is 1.35 bits per heavy atom.